The molecular weight excluding hydrogens is 352 g/mol. The fourth-order valence-electron chi connectivity index (χ4n) is 2.43. The maximum absolute atomic E-state index is 12.4. The summed E-state index contributed by atoms with van der Waals surface area (Å²) in [5.74, 6) is 0.209. The van der Waals surface area contributed by atoms with Crippen LogP contribution in [0.3, 0.4) is 0 Å². The highest BCUT2D eigenvalue weighted by atomic mass is 79.9. The second-order valence-electron chi connectivity index (χ2n) is 4.71. The van der Waals surface area contributed by atoms with Crippen molar-refractivity contribution >= 4 is 37.6 Å². The molecule has 7 heteroatoms. The van der Waals surface area contributed by atoms with Crippen LogP contribution in [0.15, 0.2) is 27.6 Å². The molecule has 0 heterocycles. The van der Waals surface area contributed by atoms with Gasteiger partial charge in [0.2, 0.25) is 10.0 Å². The SMILES string of the molecule is NCC1CCCC1NS(=O)(=O)c1cccc(Br)c1Cl. The highest BCUT2D eigenvalue weighted by molar-refractivity contribution is 9.10. The molecule has 0 bridgehead atoms. The highest BCUT2D eigenvalue weighted by Gasteiger charge is 2.31. The summed E-state index contributed by atoms with van der Waals surface area (Å²) in [6.45, 7) is 0.499. The van der Waals surface area contributed by atoms with E-state index in [9.17, 15) is 8.42 Å². The number of benzene rings is 1. The van der Waals surface area contributed by atoms with Crippen LogP contribution in [0.5, 0.6) is 0 Å². The molecular formula is C12H16BrClN2O2S. The fourth-order valence-corrected chi connectivity index (χ4v) is 4.80. The Hall–Kier alpha value is -0.140. The van der Waals surface area contributed by atoms with Crippen LogP contribution >= 0.6 is 27.5 Å². The lowest BCUT2D eigenvalue weighted by Gasteiger charge is -2.20. The van der Waals surface area contributed by atoms with E-state index in [1.807, 2.05) is 0 Å². The van der Waals surface area contributed by atoms with Crippen LogP contribution in [-0.2, 0) is 10.0 Å². The number of sulfonamides is 1. The minimum absolute atomic E-state index is 0.0925. The first-order chi connectivity index (χ1) is 8.95. The lowest BCUT2D eigenvalue weighted by Crippen LogP contribution is -2.39. The average Bonchev–Trinajstić information content (AvgIpc) is 2.78. The standard InChI is InChI=1S/C12H16BrClN2O2S/c13-9-4-2-6-11(12(9)14)19(17,18)16-10-5-1-3-8(10)7-15/h2,4,6,8,10,16H,1,3,5,7,15H2. The Labute approximate surface area is 126 Å². The molecule has 4 nitrogen and oxygen atoms in total. The van der Waals surface area contributed by atoms with Gasteiger partial charge >= 0.3 is 0 Å². The third kappa shape index (κ3) is 3.31. The van der Waals surface area contributed by atoms with E-state index < -0.39 is 10.0 Å². The van der Waals surface area contributed by atoms with Gasteiger partial charge in [0, 0.05) is 10.5 Å². The molecule has 0 radical (unpaired) electrons. The topological polar surface area (TPSA) is 72.2 Å². The molecule has 0 saturated heterocycles. The van der Waals surface area contributed by atoms with E-state index in [0.29, 0.717) is 11.0 Å². The molecule has 106 valence electrons. The predicted octanol–water partition coefficient (Wildman–Crippen LogP) is 2.51. The molecule has 1 aliphatic rings. The molecule has 1 aromatic carbocycles. The summed E-state index contributed by atoms with van der Waals surface area (Å²) >= 11 is 9.28. The van der Waals surface area contributed by atoms with Crippen molar-refractivity contribution in [1.82, 2.24) is 4.72 Å². The van der Waals surface area contributed by atoms with E-state index in [1.165, 1.54) is 6.07 Å². The fraction of sp³-hybridized carbons (Fsp3) is 0.500. The third-order valence-electron chi connectivity index (χ3n) is 3.47. The molecule has 0 aliphatic heterocycles. The van der Waals surface area contributed by atoms with Crippen molar-refractivity contribution in [3.8, 4) is 0 Å². The van der Waals surface area contributed by atoms with Gasteiger partial charge in [0.1, 0.15) is 4.90 Å². The number of rotatable bonds is 4. The van der Waals surface area contributed by atoms with E-state index in [2.05, 4.69) is 20.7 Å². The number of nitrogens with one attached hydrogen (secondary N) is 1. The van der Waals surface area contributed by atoms with Crippen molar-refractivity contribution in [3.05, 3.63) is 27.7 Å². The monoisotopic (exact) mass is 366 g/mol. The minimum Gasteiger partial charge on any atom is -0.330 e. The maximum atomic E-state index is 12.4. The largest absolute Gasteiger partial charge is 0.330 e. The van der Waals surface area contributed by atoms with Gasteiger partial charge in [-0.05, 0) is 53.4 Å². The first-order valence-corrected chi connectivity index (χ1v) is 8.77. The molecule has 1 saturated carbocycles. The van der Waals surface area contributed by atoms with Crippen molar-refractivity contribution in [2.24, 2.45) is 11.7 Å². The smallest absolute Gasteiger partial charge is 0.242 e. The van der Waals surface area contributed by atoms with Crippen LogP contribution in [-0.4, -0.2) is 21.0 Å². The highest BCUT2D eigenvalue weighted by Crippen LogP contribution is 2.31. The van der Waals surface area contributed by atoms with Gasteiger partial charge in [0.25, 0.3) is 0 Å². The third-order valence-corrected chi connectivity index (χ3v) is 6.41. The van der Waals surface area contributed by atoms with Crippen molar-refractivity contribution < 1.29 is 8.42 Å². The molecule has 3 N–H and O–H groups in total. The van der Waals surface area contributed by atoms with Crippen molar-refractivity contribution in [2.75, 3.05) is 6.54 Å². The molecule has 2 rings (SSSR count). The number of hydrogen-bond acceptors (Lipinski definition) is 3. The second-order valence-corrected chi connectivity index (χ2v) is 7.62. The quantitative estimate of drug-likeness (QED) is 0.859. The van der Waals surface area contributed by atoms with E-state index in [1.54, 1.807) is 12.1 Å². The van der Waals surface area contributed by atoms with E-state index in [0.717, 1.165) is 19.3 Å². The zero-order valence-corrected chi connectivity index (χ0v) is 13.4. The Bertz CT molecular complexity index is 565. The number of halogens is 2. The summed E-state index contributed by atoms with van der Waals surface area (Å²) in [4.78, 5) is 0.103. The lowest BCUT2D eigenvalue weighted by atomic mass is 10.1. The molecule has 2 atom stereocenters. The van der Waals surface area contributed by atoms with Gasteiger partial charge in [-0.1, -0.05) is 24.1 Å². The Morgan fingerprint density at radius 3 is 2.84 bits per heavy atom. The Balaban J connectivity index is 2.25. The van der Waals surface area contributed by atoms with Gasteiger partial charge in [-0.2, -0.15) is 0 Å². The number of hydrogen-bond donors (Lipinski definition) is 2. The molecule has 1 fully saturated rings. The van der Waals surface area contributed by atoms with Gasteiger partial charge in [-0.3, -0.25) is 0 Å². The van der Waals surface area contributed by atoms with Crippen LogP contribution < -0.4 is 10.5 Å². The van der Waals surface area contributed by atoms with Gasteiger partial charge in [0.05, 0.1) is 5.02 Å². The lowest BCUT2D eigenvalue weighted by molar-refractivity contribution is 0.453. The van der Waals surface area contributed by atoms with Gasteiger partial charge in [0.15, 0.2) is 0 Å². The Kier molecular flexibility index (Phi) is 4.89. The van der Waals surface area contributed by atoms with Crippen LogP contribution in [0.25, 0.3) is 0 Å². The van der Waals surface area contributed by atoms with Crippen LogP contribution in [0.1, 0.15) is 19.3 Å². The molecule has 0 spiro atoms. The van der Waals surface area contributed by atoms with Gasteiger partial charge in [-0.25, -0.2) is 13.1 Å². The zero-order chi connectivity index (χ0) is 14.0. The van der Waals surface area contributed by atoms with Gasteiger partial charge in [-0.15, -0.1) is 0 Å². The van der Waals surface area contributed by atoms with E-state index >= 15 is 0 Å². The van der Waals surface area contributed by atoms with Crippen LogP contribution in [0.2, 0.25) is 5.02 Å². The van der Waals surface area contributed by atoms with Crippen LogP contribution in [0, 0.1) is 5.92 Å². The molecule has 1 aliphatic carbocycles. The number of nitrogens with two attached hydrogens (primary N) is 1. The van der Waals surface area contributed by atoms with Crippen molar-refractivity contribution in [3.63, 3.8) is 0 Å². The summed E-state index contributed by atoms with van der Waals surface area (Å²) in [5, 5.41) is 0.206. The Morgan fingerprint density at radius 2 is 2.16 bits per heavy atom. The summed E-state index contributed by atoms with van der Waals surface area (Å²) in [6.07, 6.45) is 2.80. The van der Waals surface area contributed by atoms with Gasteiger partial charge < -0.3 is 5.73 Å². The predicted molar refractivity (Wildman–Crippen MR) is 79.7 cm³/mol. The minimum atomic E-state index is -3.61. The zero-order valence-electron chi connectivity index (χ0n) is 10.3. The molecule has 0 amide bonds. The maximum Gasteiger partial charge on any atom is 0.242 e. The van der Waals surface area contributed by atoms with Crippen LogP contribution in [0.4, 0.5) is 0 Å². The van der Waals surface area contributed by atoms with E-state index in [4.69, 9.17) is 17.3 Å². The molecule has 2 unspecified atom stereocenters. The van der Waals surface area contributed by atoms with Crippen molar-refractivity contribution in [1.29, 1.82) is 0 Å². The summed E-state index contributed by atoms with van der Waals surface area (Å²) in [5.41, 5.74) is 5.67. The average molecular weight is 368 g/mol. The summed E-state index contributed by atoms with van der Waals surface area (Å²) in [6, 6.07) is 4.77. The summed E-state index contributed by atoms with van der Waals surface area (Å²) in [7, 11) is -3.61. The molecule has 1 aromatic rings. The second kappa shape index (κ2) is 6.10. The van der Waals surface area contributed by atoms with Crippen molar-refractivity contribution in [2.45, 2.75) is 30.2 Å². The first kappa shape index (κ1) is 15.3. The normalized spacial score (nSPS) is 23.7. The summed E-state index contributed by atoms with van der Waals surface area (Å²) < 4.78 is 28.0. The first-order valence-electron chi connectivity index (χ1n) is 6.12. The Morgan fingerprint density at radius 1 is 1.42 bits per heavy atom. The van der Waals surface area contributed by atoms with E-state index in [-0.39, 0.29) is 21.9 Å². The molecule has 0 aromatic heterocycles. The molecule has 19 heavy (non-hydrogen) atoms.